The van der Waals surface area contributed by atoms with Crippen LogP contribution in [0.5, 0.6) is 5.75 Å². The lowest BCUT2D eigenvalue weighted by Crippen LogP contribution is -2.40. The highest BCUT2D eigenvalue weighted by atomic mass is 32.2. The summed E-state index contributed by atoms with van der Waals surface area (Å²) in [6.45, 7) is 2.48. The van der Waals surface area contributed by atoms with Crippen molar-refractivity contribution in [1.29, 1.82) is 0 Å². The van der Waals surface area contributed by atoms with Crippen LogP contribution in [0, 0.1) is 0 Å². The van der Waals surface area contributed by atoms with Crippen LogP contribution >= 0.6 is 0 Å². The third kappa shape index (κ3) is 4.69. The van der Waals surface area contributed by atoms with Crippen molar-refractivity contribution in [1.82, 2.24) is 4.31 Å². The van der Waals surface area contributed by atoms with Gasteiger partial charge in [0.15, 0.2) is 6.10 Å². The number of ether oxygens (including phenoxy) is 3. The molecule has 160 valence electrons. The van der Waals surface area contributed by atoms with E-state index in [1.807, 2.05) is 0 Å². The van der Waals surface area contributed by atoms with Gasteiger partial charge in [0.25, 0.3) is 0 Å². The second-order valence-corrected chi connectivity index (χ2v) is 8.57. The normalized spacial score (nSPS) is 15.9. The molecular formula is C21H23NO7S. The second kappa shape index (κ2) is 9.38. The number of hydrogen-bond donors (Lipinski definition) is 0. The molecule has 1 heterocycles. The highest BCUT2D eigenvalue weighted by molar-refractivity contribution is 7.89. The van der Waals surface area contributed by atoms with Crippen molar-refractivity contribution in [2.75, 3.05) is 33.4 Å². The van der Waals surface area contributed by atoms with Gasteiger partial charge in [-0.3, -0.25) is 4.79 Å². The molecule has 0 saturated carbocycles. The van der Waals surface area contributed by atoms with Gasteiger partial charge in [-0.15, -0.1) is 0 Å². The molecule has 2 aromatic rings. The van der Waals surface area contributed by atoms with Gasteiger partial charge in [0.05, 0.1) is 25.9 Å². The van der Waals surface area contributed by atoms with E-state index in [1.165, 1.54) is 36.5 Å². The molecule has 0 amide bonds. The van der Waals surface area contributed by atoms with E-state index in [9.17, 15) is 18.0 Å². The summed E-state index contributed by atoms with van der Waals surface area (Å²) in [5, 5.41) is 0. The Hall–Kier alpha value is -2.75. The molecule has 8 nitrogen and oxygen atoms in total. The number of hydrogen-bond acceptors (Lipinski definition) is 7. The van der Waals surface area contributed by atoms with Crippen LogP contribution in [0.15, 0.2) is 53.4 Å². The van der Waals surface area contributed by atoms with Gasteiger partial charge in [0, 0.05) is 18.7 Å². The summed E-state index contributed by atoms with van der Waals surface area (Å²) in [6.07, 6.45) is -1.03. The van der Waals surface area contributed by atoms with Crippen molar-refractivity contribution in [3.8, 4) is 5.75 Å². The topological polar surface area (TPSA) is 99.2 Å². The number of carbonyl (C=O) groups is 2. The fourth-order valence-electron chi connectivity index (χ4n) is 3.05. The minimum absolute atomic E-state index is 0.00958. The number of ketones is 1. The van der Waals surface area contributed by atoms with Crippen LogP contribution in [0.2, 0.25) is 0 Å². The number of nitrogens with zero attached hydrogens (tertiary/aromatic N) is 1. The molecule has 0 aromatic heterocycles. The standard InChI is InChI=1S/C21H23NO7S/c1-15(20(23)16-6-4-3-5-7-16)29-21(24)17-8-9-18(27-2)19(14-17)30(25,26)22-10-12-28-13-11-22/h3-9,14-15H,10-13H2,1-2H3. The van der Waals surface area contributed by atoms with E-state index in [0.29, 0.717) is 18.8 Å². The lowest BCUT2D eigenvalue weighted by Gasteiger charge is -2.26. The molecule has 0 aliphatic carbocycles. The number of Topliss-reactive ketones (excluding diaryl/α,β-unsaturated/α-hetero) is 1. The van der Waals surface area contributed by atoms with Crippen molar-refractivity contribution < 1.29 is 32.2 Å². The van der Waals surface area contributed by atoms with E-state index >= 15 is 0 Å². The number of carbonyl (C=O) groups excluding carboxylic acids is 2. The molecular weight excluding hydrogens is 410 g/mol. The van der Waals surface area contributed by atoms with Crippen molar-refractivity contribution in [2.45, 2.75) is 17.9 Å². The first-order chi connectivity index (χ1) is 14.3. The van der Waals surface area contributed by atoms with Crippen molar-refractivity contribution >= 4 is 21.8 Å². The van der Waals surface area contributed by atoms with E-state index in [4.69, 9.17) is 14.2 Å². The van der Waals surface area contributed by atoms with Crippen LogP contribution < -0.4 is 4.74 Å². The van der Waals surface area contributed by atoms with Crippen LogP contribution in [0.1, 0.15) is 27.6 Å². The Bertz CT molecular complexity index is 1010. The van der Waals surface area contributed by atoms with Gasteiger partial charge in [-0.25, -0.2) is 13.2 Å². The number of morpholine rings is 1. The molecule has 1 fully saturated rings. The third-order valence-corrected chi connectivity index (χ3v) is 6.62. The maximum atomic E-state index is 13.0. The molecule has 1 unspecified atom stereocenters. The average molecular weight is 433 g/mol. The molecule has 0 bridgehead atoms. The van der Waals surface area contributed by atoms with E-state index in [1.54, 1.807) is 30.3 Å². The number of rotatable bonds is 7. The Labute approximate surface area is 175 Å². The summed E-state index contributed by atoms with van der Waals surface area (Å²) in [6, 6.07) is 12.5. The van der Waals surface area contributed by atoms with Crippen LogP contribution in [0.25, 0.3) is 0 Å². The van der Waals surface area contributed by atoms with Gasteiger partial charge in [-0.2, -0.15) is 4.31 Å². The lowest BCUT2D eigenvalue weighted by molar-refractivity contribution is 0.0318. The van der Waals surface area contributed by atoms with Crippen LogP contribution in [-0.2, 0) is 19.5 Å². The Morgan fingerprint density at radius 3 is 2.33 bits per heavy atom. The SMILES string of the molecule is COc1ccc(C(=O)OC(C)C(=O)c2ccccc2)cc1S(=O)(=O)N1CCOCC1. The summed E-state index contributed by atoms with van der Waals surface area (Å²) in [7, 11) is -2.54. The average Bonchev–Trinajstić information content (AvgIpc) is 2.79. The quantitative estimate of drug-likeness (QED) is 0.487. The predicted octanol–water partition coefficient (Wildman–Crippen LogP) is 2.14. The summed E-state index contributed by atoms with van der Waals surface area (Å²) >= 11 is 0. The Balaban J connectivity index is 1.83. The Morgan fingerprint density at radius 1 is 1.03 bits per heavy atom. The minimum atomic E-state index is -3.89. The molecule has 1 saturated heterocycles. The summed E-state index contributed by atoms with van der Waals surface area (Å²) in [4.78, 5) is 24.9. The largest absolute Gasteiger partial charge is 0.495 e. The Kier molecular flexibility index (Phi) is 6.86. The van der Waals surface area contributed by atoms with E-state index in [-0.39, 0.29) is 35.1 Å². The van der Waals surface area contributed by atoms with Gasteiger partial charge in [-0.05, 0) is 25.1 Å². The summed E-state index contributed by atoms with van der Waals surface area (Å²) < 4.78 is 43.0. The molecule has 9 heteroatoms. The van der Waals surface area contributed by atoms with Gasteiger partial charge in [-0.1, -0.05) is 30.3 Å². The van der Waals surface area contributed by atoms with Gasteiger partial charge in [0.1, 0.15) is 10.6 Å². The van der Waals surface area contributed by atoms with Crippen LogP contribution in [0.3, 0.4) is 0 Å². The fraction of sp³-hybridized carbons (Fsp3) is 0.333. The number of esters is 1. The molecule has 1 atom stereocenters. The molecule has 1 aliphatic rings. The van der Waals surface area contributed by atoms with E-state index in [2.05, 4.69) is 0 Å². The monoisotopic (exact) mass is 433 g/mol. The molecule has 1 aliphatic heterocycles. The van der Waals surface area contributed by atoms with E-state index < -0.39 is 22.1 Å². The highest BCUT2D eigenvalue weighted by Gasteiger charge is 2.30. The molecule has 0 N–H and O–H groups in total. The molecule has 3 rings (SSSR count). The van der Waals surface area contributed by atoms with Crippen molar-refractivity contribution in [3.63, 3.8) is 0 Å². The zero-order chi connectivity index (χ0) is 21.7. The van der Waals surface area contributed by atoms with Gasteiger partial charge in [0.2, 0.25) is 15.8 Å². The maximum Gasteiger partial charge on any atom is 0.338 e. The summed E-state index contributed by atoms with van der Waals surface area (Å²) in [5.41, 5.74) is 0.429. The fourth-order valence-corrected chi connectivity index (χ4v) is 4.64. The smallest absolute Gasteiger partial charge is 0.338 e. The first-order valence-corrected chi connectivity index (χ1v) is 10.8. The third-order valence-electron chi connectivity index (χ3n) is 4.70. The molecule has 0 spiro atoms. The minimum Gasteiger partial charge on any atom is -0.495 e. The first kappa shape index (κ1) is 21.9. The first-order valence-electron chi connectivity index (χ1n) is 9.41. The van der Waals surface area contributed by atoms with Crippen LogP contribution in [0.4, 0.5) is 0 Å². The molecule has 30 heavy (non-hydrogen) atoms. The van der Waals surface area contributed by atoms with Crippen LogP contribution in [-0.4, -0.2) is 64.0 Å². The van der Waals surface area contributed by atoms with Gasteiger partial charge < -0.3 is 14.2 Å². The predicted molar refractivity (Wildman–Crippen MR) is 108 cm³/mol. The van der Waals surface area contributed by atoms with E-state index in [0.717, 1.165) is 0 Å². The number of methoxy groups -OCH3 is 1. The number of benzene rings is 2. The highest BCUT2D eigenvalue weighted by Crippen LogP contribution is 2.29. The molecule has 0 radical (unpaired) electrons. The second-order valence-electron chi connectivity index (χ2n) is 6.66. The van der Waals surface area contributed by atoms with Crippen molar-refractivity contribution in [2.24, 2.45) is 0 Å². The zero-order valence-electron chi connectivity index (χ0n) is 16.7. The maximum absolute atomic E-state index is 13.0. The molecule has 2 aromatic carbocycles. The zero-order valence-corrected chi connectivity index (χ0v) is 17.6. The number of sulfonamides is 1. The lowest BCUT2D eigenvalue weighted by atomic mass is 10.1. The van der Waals surface area contributed by atoms with Gasteiger partial charge >= 0.3 is 5.97 Å². The van der Waals surface area contributed by atoms with Crippen molar-refractivity contribution in [3.05, 3.63) is 59.7 Å². The Morgan fingerprint density at radius 2 is 1.70 bits per heavy atom. The summed E-state index contributed by atoms with van der Waals surface area (Å²) in [5.74, 6) is -1.03.